The molecule has 0 spiro atoms. The second-order valence-electron chi connectivity index (χ2n) is 6.26. The number of fused-ring (bicyclic) bond motifs is 1. The summed E-state index contributed by atoms with van der Waals surface area (Å²) in [5, 5.41) is 12.5. The van der Waals surface area contributed by atoms with Crippen molar-refractivity contribution < 1.29 is 0 Å². The number of thiophene rings is 1. The van der Waals surface area contributed by atoms with E-state index >= 15 is 0 Å². The maximum atomic E-state index is 6.27. The highest BCUT2D eigenvalue weighted by molar-refractivity contribution is 8.01. The van der Waals surface area contributed by atoms with E-state index in [4.69, 9.17) is 16.6 Å². The van der Waals surface area contributed by atoms with Gasteiger partial charge in [-0.25, -0.2) is 4.98 Å². The van der Waals surface area contributed by atoms with Crippen LogP contribution in [0.3, 0.4) is 0 Å². The molecule has 0 fully saturated rings. The molecule has 1 aromatic carbocycles. The number of rotatable bonds is 7. The Kier molecular flexibility index (Phi) is 5.79. The Morgan fingerprint density at radius 3 is 2.81 bits per heavy atom. The van der Waals surface area contributed by atoms with Gasteiger partial charge in [0.05, 0.1) is 14.6 Å². The van der Waals surface area contributed by atoms with E-state index in [0.717, 1.165) is 49.9 Å². The Labute approximate surface area is 175 Å². The molecule has 5 nitrogen and oxygen atoms in total. The highest BCUT2D eigenvalue weighted by atomic mass is 35.5. The quantitative estimate of drug-likeness (QED) is 0.390. The van der Waals surface area contributed by atoms with Crippen LogP contribution in [0, 0.1) is 0 Å². The first-order valence-electron chi connectivity index (χ1n) is 8.46. The smallest absolute Gasteiger partial charge is 0.198 e. The van der Waals surface area contributed by atoms with E-state index in [1.165, 1.54) is 0 Å². The number of aromatic nitrogens is 4. The van der Waals surface area contributed by atoms with Crippen LogP contribution in [0.25, 0.3) is 20.9 Å². The average Bonchev–Trinajstić information content (AvgIpc) is 3.35. The lowest BCUT2D eigenvalue weighted by Gasteiger charge is -2.12. The minimum atomic E-state index is 0.683. The first-order valence-corrected chi connectivity index (χ1v) is 11.4. The summed E-state index contributed by atoms with van der Waals surface area (Å²) in [6, 6.07) is 10.00. The summed E-state index contributed by atoms with van der Waals surface area (Å²) in [6.45, 7) is 1.88. The van der Waals surface area contributed by atoms with Crippen LogP contribution in [0.2, 0.25) is 5.02 Å². The SMILES string of the molecule is CN(C)CCCn1c(Sc2nc3c(Cl)cccc3s2)nnc1-c1cccs1. The summed E-state index contributed by atoms with van der Waals surface area (Å²) in [5.41, 5.74) is 0.851. The van der Waals surface area contributed by atoms with E-state index in [1.54, 1.807) is 34.4 Å². The number of thiazole rings is 1. The van der Waals surface area contributed by atoms with Crippen LogP contribution in [-0.4, -0.2) is 45.3 Å². The Morgan fingerprint density at radius 1 is 1.19 bits per heavy atom. The monoisotopic (exact) mass is 435 g/mol. The third kappa shape index (κ3) is 4.20. The third-order valence-electron chi connectivity index (χ3n) is 3.97. The minimum absolute atomic E-state index is 0.683. The number of para-hydroxylation sites is 1. The molecule has 140 valence electrons. The molecule has 0 radical (unpaired) electrons. The zero-order valence-electron chi connectivity index (χ0n) is 14.9. The summed E-state index contributed by atoms with van der Waals surface area (Å²) in [7, 11) is 4.18. The highest BCUT2D eigenvalue weighted by Gasteiger charge is 2.18. The second kappa shape index (κ2) is 8.28. The number of nitrogens with zero attached hydrogens (tertiary/aromatic N) is 5. The van der Waals surface area contributed by atoms with Crippen LogP contribution in [0.1, 0.15) is 6.42 Å². The molecule has 27 heavy (non-hydrogen) atoms. The van der Waals surface area contributed by atoms with Gasteiger partial charge in [0.2, 0.25) is 0 Å². The second-order valence-corrected chi connectivity index (χ2v) is 9.86. The van der Waals surface area contributed by atoms with Gasteiger partial charge in [-0.3, -0.25) is 0 Å². The molecule has 0 atom stereocenters. The van der Waals surface area contributed by atoms with Gasteiger partial charge in [-0.1, -0.05) is 23.7 Å². The summed E-state index contributed by atoms with van der Waals surface area (Å²) in [4.78, 5) is 8.02. The lowest BCUT2D eigenvalue weighted by Crippen LogP contribution is -2.15. The fraction of sp³-hybridized carbons (Fsp3) is 0.278. The van der Waals surface area contributed by atoms with Gasteiger partial charge in [0.15, 0.2) is 15.3 Å². The van der Waals surface area contributed by atoms with Gasteiger partial charge < -0.3 is 9.47 Å². The van der Waals surface area contributed by atoms with Gasteiger partial charge in [0, 0.05) is 6.54 Å². The molecule has 0 N–H and O–H groups in total. The van der Waals surface area contributed by atoms with E-state index in [0.29, 0.717) is 5.02 Å². The average molecular weight is 436 g/mol. The zero-order valence-corrected chi connectivity index (χ0v) is 18.1. The van der Waals surface area contributed by atoms with Crippen LogP contribution in [-0.2, 0) is 6.54 Å². The van der Waals surface area contributed by atoms with E-state index in [-0.39, 0.29) is 0 Å². The van der Waals surface area contributed by atoms with Crippen LogP contribution >= 0.6 is 46.0 Å². The molecule has 0 saturated carbocycles. The van der Waals surface area contributed by atoms with Gasteiger partial charge >= 0.3 is 0 Å². The minimum Gasteiger partial charge on any atom is -0.309 e. The van der Waals surface area contributed by atoms with Crippen molar-refractivity contribution in [1.29, 1.82) is 0 Å². The molecule has 0 aliphatic carbocycles. The van der Waals surface area contributed by atoms with Gasteiger partial charge in [0.1, 0.15) is 5.52 Å². The van der Waals surface area contributed by atoms with Gasteiger partial charge in [0.25, 0.3) is 0 Å². The standard InChI is InChI=1S/C18H18ClN5S3/c1-23(2)9-5-10-24-16(14-8-4-11-25-14)21-22-17(24)27-18-20-15-12(19)6-3-7-13(15)26-18/h3-4,6-8,11H,5,9-10H2,1-2H3. The van der Waals surface area contributed by atoms with Crippen molar-refractivity contribution >= 4 is 56.3 Å². The molecule has 0 unspecified atom stereocenters. The fourth-order valence-corrected chi connectivity index (χ4v) is 5.75. The molecule has 4 aromatic rings. The van der Waals surface area contributed by atoms with Crippen molar-refractivity contribution in [2.75, 3.05) is 20.6 Å². The summed E-state index contributed by atoms with van der Waals surface area (Å²) < 4.78 is 4.22. The van der Waals surface area contributed by atoms with Gasteiger partial charge in [-0.2, -0.15) is 0 Å². The maximum Gasteiger partial charge on any atom is 0.198 e. The third-order valence-corrected chi connectivity index (χ3v) is 7.21. The molecule has 0 aliphatic heterocycles. The number of hydrogen-bond acceptors (Lipinski definition) is 7. The predicted octanol–water partition coefficient (Wildman–Crippen LogP) is 5.37. The van der Waals surface area contributed by atoms with Gasteiger partial charge in [-0.15, -0.1) is 32.9 Å². The topological polar surface area (TPSA) is 46.8 Å². The van der Waals surface area contributed by atoms with Crippen LogP contribution < -0.4 is 0 Å². The van der Waals surface area contributed by atoms with Gasteiger partial charge in [-0.05, 0) is 62.4 Å². The normalized spacial score (nSPS) is 11.7. The van der Waals surface area contributed by atoms with E-state index in [2.05, 4.69) is 45.2 Å². The number of benzene rings is 1. The molecule has 0 amide bonds. The highest BCUT2D eigenvalue weighted by Crippen LogP contribution is 2.37. The Bertz CT molecular complexity index is 1040. The molecule has 4 rings (SSSR count). The largest absolute Gasteiger partial charge is 0.309 e. The molecule has 0 bridgehead atoms. The van der Waals surface area contributed by atoms with Crippen molar-refractivity contribution in [2.45, 2.75) is 22.5 Å². The Morgan fingerprint density at radius 2 is 2.07 bits per heavy atom. The lowest BCUT2D eigenvalue weighted by molar-refractivity contribution is 0.383. The first-order chi connectivity index (χ1) is 13.1. The summed E-state index contributed by atoms with van der Waals surface area (Å²) >= 11 is 11.1. The van der Waals surface area contributed by atoms with E-state index < -0.39 is 0 Å². The van der Waals surface area contributed by atoms with Crippen molar-refractivity contribution in [3.05, 3.63) is 40.7 Å². The predicted molar refractivity (Wildman–Crippen MR) is 115 cm³/mol. The van der Waals surface area contributed by atoms with E-state index in [9.17, 15) is 0 Å². The van der Waals surface area contributed by atoms with E-state index in [1.807, 2.05) is 24.3 Å². The van der Waals surface area contributed by atoms with Crippen molar-refractivity contribution in [2.24, 2.45) is 0 Å². The molecule has 3 aromatic heterocycles. The van der Waals surface area contributed by atoms with Crippen molar-refractivity contribution in [3.8, 4) is 10.7 Å². The molecule has 0 saturated heterocycles. The molecular formula is C18H18ClN5S3. The van der Waals surface area contributed by atoms with Crippen molar-refractivity contribution in [3.63, 3.8) is 0 Å². The summed E-state index contributed by atoms with van der Waals surface area (Å²) in [5.74, 6) is 0.922. The fourth-order valence-electron chi connectivity index (χ4n) is 2.72. The summed E-state index contributed by atoms with van der Waals surface area (Å²) in [6.07, 6.45) is 1.03. The Balaban J connectivity index is 1.65. The Hall–Kier alpha value is -1.45. The zero-order chi connectivity index (χ0) is 18.8. The number of halogens is 1. The molecule has 9 heteroatoms. The van der Waals surface area contributed by atoms with Crippen molar-refractivity contribution in [1.82, 2.24) is 24.6 Å². The first kappa shape index (κ1) is 18.9. The molecule has 0 aliphatic rings. The van der Waals surface area contributed by atoms with Crippen LogP contribution in [0.5, 0.6) is 0 Å². The van der Waals surface area contributed by atoms with Crippen LogP contribution in [0.4, 0.5) is 0 Å². The molecular weight excluding hydrogens is 418 g/mol. The maximum absolute atomic E-state index is 6.27. The lowest BCUT2D eigenvalue weighted by atomic mass is 10.3. The van der Waals surface area contributed by atoms with Crippen LogP contribution in [0.15, 0.2) is 45.2 Å². The number of hydrogen-bond donors (Lipinski definition) is 0. The molecule has 3 heterocycles.